The summed E-state index contributed by atoms with van der Waals surface area (Å²) in [6.45, 7) is 6.74. The number of methoxy groups -OCH3 is 1. The van der Waals surface area contributed by atoms with Crippen LogP contribution in [-0.4, -0.2) is 24.6 Å². The van der Waals surface area contributed by atoms with Gasteiger partial charge in [0.15, 0.2) is 5.78 Å². The number of hydrogen-bond donors (Lipinski definition) is 0. The number of allylic oxidation sites excluding steroid dienone is 2. The fourth-order valence-electron chi connectivity index (χ4n) is 7.70. The molecule has 0 aromatic rings. The first-order valence-electron chi connectivity index (χ1n) is 11.6. The van der Waals surface area contributed by atoms with E-state index in [4.69, 9.17) is 4.74 Å². The Morgan fingerprint density at radius 2 is 1.97 bits per heavy atom. The summed E-state index contributed by atoms with van der Waals surface area (Å²) in [5, 5.41) is 0. The Balaban J connectivity index is 1.61. The number of rotatable bonds is 4. The second-order valence-electron chi connectivity index (χ2n) is 10.7. The number of carbonyl (C=O) groups excluding carboxylic acids is 3. The SMILES string of the molecule is COC(=O)CCC(C)C1CCC2C3CCC4CC(=O)CCC4(C)C3=CC(=O)C12C. The lowest BCUT2D eigenvalue weighted by molar-refractivity contribution is -0.141. The lowest BCUT2D eigenvalue weighted by atomic mass is 9.48. The minimum absolute atomic E-state index is 0.0302. The maximum absolute atomic E-state index is 13.6. The predicted molar refractivity (Wildman–Crippen MR) is 111 cm³/mol. The van der Waals surface area contributed by atoms with E-state index < -0.39 is 0 Å². The highest BCUT2D eigenvalue weighted by molar-refractivity contribution is 5.97. The van der Waals surface area contributed by atoms with Gasteiger partial charge >= 0.3 is 5.97 Å². The summed E-state index contributed by atoms with van der Waals surface area (Å²) in [7, 11) is 1.44. The minimum atomic E-state index is -0.308. The number of esters is 1. The standard InChI is InChI=1S/C25H36O4/c1-15(5-10-23(28)29-4)19-8-9-20-18-7-6-16-13-17(26)11-12-24(16,2)21(18)14-22(27)25(19,20)3/h14-16,18-20H,5-13H2,1-4H3. The van der Waals surface area contributed by atoms with E-state index in [-0.39, 0.29) is 16.8 Å². The van der Waals surface area contributed by atoms with Gasteiger partial charge in [-0.1, -0.05) is 26.3 Å². The van der Waals surface area contributed by atoms with Crippen molar-refractivity contribution in [1.82, 2.24) is 0 Å². The fourth-order valence-corrected chi connectivity index (χ4v) is 7.70. The van der Waals surface area contributed by atoms with E-state index >= 15 is 0 Å². The van der Waals surface area contributed by atoms with Crippen molar-refractivity contribution < 1.29 is 19.1 Å². The Labute approximate surface area is 174 Å². The molecule has 3 saturated carbocycles. The molecule has 4 heteroatoms. The first-order valence-corrected chi connectivity index (χ1v) is 11.6. The van der Waals surface area contributed by atoms with E-state index in [2.05, 4.69) is 20.8 Å². The summed E-state index contributed by atoms with van der Waals surface area (Å²) in [5.74, 6) is 2.54. The zero-order valence-corrected chi connectivity index (χ0v) is 18.5. The Hall–Kier alpha value is -1.45. The highest BCUT2D eigenvalue weighted by Gasteiger charge is 2.61. The van der Waals surface area contributed by atoms with Gasteiger partial charge in [-0.25, -0.2) is 0 Å². The van der Waals surface area contributed by atoms with Crippen molar-refractivity contribution in [1.29, 1.82) is 0 Å². The second kappa shape index (κ2) is 7.35. The van der Waals surface area contributed by atoms with E-state index in [1.54, 1.807) is 0 Å². The predicted octanol–water partition coefficient (Wildman–Crippen LogP) is 4.90. The maximum Gasteiger partial charge on any atom is 0.305 e. The molecule has 7 atom stereocenters. The largest absolute Gasteiger partial charge is 0.469 e. The first kappa shape index (κ1) is 20.8. The van der Waals surface area contributed by atoms with E-state index in [0.717, 1.165) is 38.5 Å². The zero-order chi connectivity index (χ0) is 21.0. The number of carbonyl (C=O) groups is 3. The minimum Gasteiger partial charge on any atom is -0.469 e. The monoisotopic (exact) mass is 400 g/mol. The van der Waals surface area contributed by atoms with Crippen molar-refractivity contribution in [3.05, 3.63) is 11.6 Å². The molecule has 3 fully saturated rings. The lowest BCUT2D eigenvalue weighted by Gasteiger charge is -2.55. The van der Waals surface area contributed by atoms with Crippen LogP contribution in [0.25, 0.3) is 0 Å². The van der Waals surface area contributed by atoms with Gasteiger partial charge in [0.2, 0.25) is 0 Å². The van der Waals surface area contributed by atoms with Gasteiger partial charge in [-0.2, -0.15) is 0 Å². The average molecular weight is 401 g/mol. The van der Waals surface area contributed by atoms with Crippen molar-refractivity contribution in [3.8, 4) is 0 Å². The normalized spacial score (nSPS) is 42.4. The van der Waals surface area contributed by atoms with Crippen molar-refractivity contribution in [2.45, 2.75) is 78.6 Å². The molecule has 0 aromatic carbocycles. The molecule has 4 aliphatic carbocycles. The Bertz CT molecular complexity index is 752. The highest BCUT2D eigenvalue weighted by Crippen LogP contribution is 2.65. The summed E-state index contributed by atoms with van der Waals surface area (Å²) in [6.07, 6.45) is 9.94. The number of fused-ring (bicyclic) bond motifs is 5. The summed E-state index contributed by atoms with van der Waals surface area (Å²) < 4.78 is 4.82. The molecule has 0 radical (unpaired) electrons. The van der Waals surface area contributed by atoms with Crippen LogP contribution in [0.3, 0.4) is 0 Å². The third-order valence-electron chi connectivity index (χ3n) is 9.53. The second-order valence-corrected chi connectivity index (χ2v) is 10.7. The number of ether oxygens (including phenoxy) is 1. The molecule has 0 heterocycles. The third kappa shape index (κ3) is 3.13. The number of Topliss-reactive ketones (excluding diaryl/α,β-unsaturated/α-hetero) is 1. The molecule has 29 heavy (non-hydrogen) atoms. The molecule has 0 spiro atoms. The zero-order valence-electron chi connectivity index (χ0n) is 18.5. The molecule has 4 aliphatic rings. The van der Waals surface area contributed by atoms with Gasteiger partial charge < -0.3 is 4.74 Å². The molecule has 0 saturated heterocycles. The van der Waals surface area contributed by atoms with Gasteiger partial charge in [-0.15, -0.1) is 0 Å². The van der Waals surface area contributed by atoms with Crippen molar-refractivity contribution >= 4 is 17.5 Å². The fraction of sp³-hybridized carbons (Fsp3) is 0.800. The van der Waals surface area contributed by atoms with Gasteiger partial charge in [0, 0.05) is 24.7 Å². The average Bonchev–Trinajstić information content (AvgIpc) is 3.06. The van der Waals surface area contributed by atoms with Crippen LogP contribution < -0.4 is 0 Å². The van der Waals surface area contributed by atoms with Crippen molar-refractivity contribution in [3.63, 3.8) is 0 Å². The van der Waals surface area contributed by atoms with E-state index in [0.29, 0.717) is 60.4 Å². The van der Waals surface area contributed by atoms with Crippen LogP contribution in [0.1, 0.15) is 78.6 Å². The maximum atomic E-state index is 13.6. The quantitative estimate of drug-likeness (QED) is 0.630. The Morgan fingerprint density at radius 3 is 2.69 bits per heavy atom. The molecule has 0 N–H and O–H groups in total. The van der Waals surface area contributed by atoms with E-state index in [9.17, 15) is 14.4 Å². The molecule has 160 valence electrons. The smallest absolute Gasteiger partial charge is 0.305 e. The van der Waals surface area contributed by atoms with Crippen molar-refractivity contribution in [2.75, 3.05) is 7.11 Å². The van der Waals surface area contributed by atoms with Crippen LogP contribution in [0.2, 0.25) is 0 Å². The van der Waals surface area contributed by atoms with Gasteiger partial charge in [-0.3, -0.25) is 14.4 Å². The van der Waals surface area contributed by atoms with Crippen LogP contribution in [0, 0.1) is 40.4 Å². The van der Waals surface area contributed by atoms with Crippen LogP contribution >= 0.6 is 0 Å². The van der Waals surface area contributed by atoms with Crippen LogP contribution in [0.4, 0.5) is 0 Å². The molecule has 4 rings (SSSR count). The summed E-state index contributed by atoms with van der Waals surface area (Å²) in [6, 6.07) is 0. The molecular weight excluding hydrogens is 364 g/mol. The third-order valence-corrected chi connectivity index (χ3v) is 9.53. The van der Waals surface area contributed by atoms with Gasteiger partial charge in [0.25, 0.3) is 0 Å². The van der Waals surface area contributed by atoms with Crippen LogP contribution in [0.5, 0.6) is 0 Å². The van der Waals surface area contributed by atoms with Crippen LogP contribution in [-0.2, 0) is 19.1 Å². The van der Waals surface area contributed by atoms with Crippen molar-refractivity contribution in [2.24, 2.45) is 40.4 Å². The van der Waals surface area contributed by atoms with Gasteiger partial charge in [0.05, 0.1) is 7.11 Å². The molecule has 7 unspecified atom stereocenters. The number of hydrogen-bond acceptors (Lipinski definition) is 4. The molecular formula is C25H36O4. The molecule has 0 bridgehead atoms. The molecule has 4 nitrogen and oxygen atoms in total. The molecule has 0 aromatic heterocycles. The summed E-state index contributed by atoms with van der Waals surface area (Å²) in [5.41, 5.74) is 1.09. The Kier molecular flexibility index (Phi) is 5.28. The van der Waals surface area contributed by atoms with Gasteiger partial charge in [-0.05, 0) is 79.6 Å². The topological polar surface area (TPSA) is 60.4 Å². The highest BCUT2D eigenvalue weighted by atomic mass is 16.5. The Morgan fingerprint density at radius 1 is 1.21 bits per heavy atom. The lowest BCUT2D eigenvalue weighted by Crippen LogP contribution is -2.51. The molecule has 0 amide bonds. The number of ketones is 2. The molecule has 0 aliphatic heterocycles. The first-order chi connectivity index (χ1) is 13.7. The van der Waals surface area contributed by atoms with Crippen LogP contribution in [0.15, 0.2) is 11.6 Å². The van der Waals surface area contributed by atoms with E-state index in [1.807, 2.05) is 6.08 Å². The van der Waals surface area contributed by atoms with E-state index in [1.165, 1.54) is 12.7 Å². The summed E-state index contributed by atoms with van der Waals surface area (Å²) >= 11 is 0. The van der Waals surface area contributed by atoms with Gasteiger partial charge in [0.1, 0.15) is 5.78 Å². The summed E-state index contributed by atoms with van der Waals surface area (Å²) in [4.78, 5) is 37.3.